The van der Waals surface area contributed by atoms with Gasteiger partial charge in [-0.05, 0) is 37.1 Å². The Morgan fingerprint density at radius 3 is 2.23 bits per heavy atom. The first-order valence-corrected chi connectivity index (χ1v) is 6.97. The van der Waals surface area contributed by atoms with Gasteiger partial charge in [-0.25, -0.2) is 4.68 Å². The van der Waals surface area contributed by atoms with Crippen molar-refractivity contribution in [3.05, 3.63) is 83.7 Å². The molecule has 0 radical (unpaired) electrons. The smallest absolute Gasteiger partial charge is 0.164 e. The Bertz CT molecular complexity index is 853. The van der Waals surface area contributed by atoms with Gasteiger partial charge in [0.1, 0.15) is 5.69 Å². The highest BCUT2D eigenvalue weighted by Gasteiger charge is 2.12. The molecule has 0 aliphatic carbocycles. The van der Waals surface area contributed by atoms with Gasteiger partial charge in [0.25, 0.3) is 0 Å². The number of benzene rings is 2. The van der Waals surface area contributed by atoms with Crippen LogP contribution in [0.1, 0.15) is 28.5 Å². The lowest BCUT2D eigenvalue weighted by Crippen LogP contribution is -1.94. The van der Waals surface area contributed by atoms with E-state index < -0.39 is 0 Å². The highest BCUT2D eigenvalue weighted by molar-refractivity contribution is 5.96. The number of hydrogen-bond donors (Lipinski definition) is 0. The maximum atomic E-state index is 11.8. The third kappa shape index (κ3) is 2.97. The number of Topliss-reactive ketones (excluding diaryl/α,β-unsaturated/α-hetero) is 1. The largest absolute Gasteiger partial charge is 0.294 e. The monoisotopic (exact) mass is 286 g/mol. The van der Waals surface area contributed by atoms with Crippen molar-refractivity contribution in [2.45, 2.75) is 6.92 Å². The van der Waals surface area contributed by atoms with Gasteiger partial charge in [0.2, 0.25) is 0 Å². The molecular weight excluding hydrogens is 272 g/mol. The molecule has 3 aromatic rings. The first-order valence-electron chi connectivity index (χ1n) is 6.97. The molecule has 0 aliphatic heterocycles. The van der Waals surface area contributed by atoms with Gasteiger partial charge in [0.05, 0.1) is 11.3 Å². The van der Waals surface area contributed by atoms with Crippen molar-refractivity contribution in [3.63, 3.8) is 0 Å². The number of ketones is 1. The Hall–Kier alpha value is -3.12. The summed E-state index contributed by atoms with van der Waals surface area (Å²) in [6.45, 7) is 1.53. The maximum Gasteiger partial charge on any atom is 0.164 e. The molecular formula is C19H14N2O. The van der Waals surface area contributed by atoms with E-state index in [1.54, 1.807) is 10.9 Å². The summed E-state index contributed by atoms with van der Waals surface area (Å²) in [5.41, 5.74) is 2.83. The van der Waals surface area contributed by atoms with Crippen LogP contribution >= 0.6 is 0 Å². The highest BCUT2D eigenvalue weighted by atomic mass is 16.1. The molecule has 0 aliphatic rings. The number of carbonyl (C=O) groups is 1. The summed E-state index contributed by atoms with van der Waals surface area (Å²) < 4.78 is 1.69. The van der Waals surface area contributed by atoms with Crippen LogP contribution in [0.5, 0.6) is 0 Å². The van der Waals surface area contributed by atoms with Crippen LogP contribution in [0.25, 0.3) is 5.69 Å². The van der Waals surface area contributed by atoms with E-state index in [1.165, 1.54) is 6.92 Å². The molecule has 22 heavy (non-hydrogen) atoms. The molecule has 0 bridgehead atoms. The van der Waals surface area contributed by atoms with Crippen molar-refractivity contribution >= 4 is 5.78 Å². The normalized spacial score (nSPS) is 9.86. The molecule has 0 unspecified atom stereocenters. The molecule has 0 N–H and O–H groups in total. The first-order chi connectivity index (χ1) is 10.7. The Morgan fingerprint density at radius 2 is 1.59 bits per heavy atom. The van der Waals surface area contributed by atoms with E-state index in [9.17, 15) is 4.79 Å². The van der Waals surface area contributed by atoms with Crippen molar-refractivity contribution in [2.75, 3.05) is 0 Å². The van der Waals surface area contributed by atoms with Crippen molar-refractivity contribution in [1.82, 2.24) is 9.78 Å². The standard InChI is InChI=1S/C19H14N2O/c1-15(22)18-14-21(17-10-6-3-7-11-17)20-19(18)13-12-16-8-4-2-5-9-16/h2-11,14H,1H3. The van der Waals surface area contributed by atoms with E-state index in [-0.39, 0.29) is 5.78 Å². The second-order valence-corrected chi connectivity index (χ2v) is 4.84. The van der Waals surface area contributed by atoms with Gasteiger partial charge in [-0.15, -0.1) is 0 Å². The summed E-state index contributed by atoms with van der Waals surface area (Å²) in [5.74, 6) is 6.00. The van der Waals surface area contributed by atoms with Crippen LogP contribution in [0.3, 0.4) is 0 Å². The summed E-state index contributed by atoms with van der Waals surface area (Å²) in [6, 6.07) is 19.3. The number of aromatic nitrogens is 2. The number of hydrogen-bond acceptors (Lipinski definition) is 2. The zero-order valence-corrected chi connectivity index (χ0v) is 12.2. The molecule has 0 saturated carbocycles. The van der Waals surface area contributed by atoms with Crippen LogP contribution in [-0.2, 0) is 0 Å². The predicted octanol–water partition coefficient (Wildman–Crippen LogP) is 3.47. The SMILES string of the molecule is CC(=O)c1cn(-c2ccccc2)nc1C#Cc1ccccc1. The molecule has 2 aromatic carbocycles. The predicted molar refractivity (Wildman–Crippen MR) is 86.0 cm³/mol. The van der Waals surface area contributed by atoms with E-state index in [0.29, 0.717) is 11.3 Å². The zero-order chi connectivity index (χ0) is 15.4. The quantitative estimate of drug-likeness (QED) is 0.534. The van der Waals surface area contributed by atoms with Gasteiger partial charge in [-0.3, -0.25) is 4.79 Å². The van der Waals surface area contributed by atoms with E-state index >= 15 is 0 Å². The van der Waals surface area contributed by atoms with E-state index in [4.69, 9.17) is 0 Å². The summed E-state index contributed by atoms with van der Waals surface area (Å²) in [7, 11) is 0. The molecule has 0 spiro atoms. The first kappa shape index (κ1) is 13.8. The average Bonchev–Trinajstić information content (AvgIpc) is 2.99. The molecule has 1 aromatic heterocycles. The van der Waals surface area contributed by atoms with Gasteiger partial charge in [-0.2, -0.15) is 5.10 Å². The molecule has 0 amide bonds. The number of para-hydroxylation sites is 1. The lowest BCUT2D eigenvalue weighted by Gasteiger charge is -1.98. The van der Waals surface area contributed by atoms with Crippen LogP contribution in [0.4, 0.5) is 0 Å². The van der Waals surface area contributed by atoms with Gasteiger partial charge in [0, 0.05) is 11.8 Å². The fourth-order valence-electron chi connectivity index (χ4n) is 2.09. The van der Waals surface area contributed by atoms with Gasteiger partial charge < -0.3 is 0 Å². The fraction of sp³-hybridized carbons (Fsp3) is 0.0526. The molecule has 0 saturated heterocycles. The lowest BCUT2D eigenvalue weighted by atomic mass is 10.1. The van der Waals surface area contributed by atoms with E-state index in [0.717, 1.165) is 11.3 Å². The topological polar surface area (TPSA) is 34.9 Å². The Labute approximate surface area is 129 Å². The Morgan fingerprint density at radius 1 is 0.955 bits per heavy atom. The summed E-state index contributed by atoms with van der Waals surface area (Å²) in [5, 5.41) is 4.44. The van der Waals surface area contributed by atoms with Gasteiger partial charge in [0.15, 0.2) is 5.78 Å². The molecule has 0 atom stereocenters. The summed E-state index contributed by atoms with van der Waals surface area (Å²) in [4.78, 5) is 11.8. The number of carbonyl (C=O) groups excluding carboxylic acids is 1. The van der Waals surface area contributed by atoms with Crippen LogP contribution in [-0.4, -0.2) is 15.6 Å². The number of rotatable bonds is 2. The third-order valence-electron chi connectivity index (χ3n) is 3.21. The van der Waals surface area contributed by atoms with Crippen molar-refractivity contribution in [1.29, 1.82) is 0 Å². The number of nitrogens with zero attached hydrogens (tertiary/aromatic N) is 2. The minimum absolute atomic E-state index is 0.0421. The molecule has 1 heterocycles. The second-order valence-electron chi connectivity index (χ2n) is 4.84. The molecule has 3 nitrogen and oxygen atoms in total. The van der Waals surface area contributed by atoms with Crippen LogP contribution in [0, 0.1) is 11.8 Å². The van der Waals surface area contributed by atoms with Gasteiger partial charge >= 0.3 is 0 Å². The Kier molecular flexibility index (Phi) is 3.84. The van der Waals surface area contributed by atoms with Crippen molar-refractivity contribution < 1.29 is 4.79 Å². The Balaban J connectivity index is 2.03. The minimum atomic E-state index is -0.0421. The maximum absolute atomic E-state index is 11.8. The summed E-state index contributed by atoms with van der Waals surface area (Å²) >= 11 is 0. The van der Waals surface area contributed by atoms with Crippen LogP contribution < -0.4 is 0 Å². The lowest BCUT2D eigenvalue weighted by molar-refractivity contribution is 0.101. The van der Waals surface area contributed by atoms with Crippen molar-refractivity contribution in [3.8, 4) is 17.5 Å². The van der Waals surface area contributed by atoms with E-state index in [1.807, 2.05) is 60.7 Å². The molecule has 3 rings (SSSR count). The third-order valence-corrected chi connectivity index (χ3v) is 3.21. The fourth-order valence-corrected chi connectivity index (χ4v) is 2.09. The highest BCUT2D eigenvalue weighted by Crippen LogP contribution is 2.12. The minimum Gasteiger partial charge on any atom is -0.294 e. The van der Waals surface area contributed by atoms with Crippen molar-refractivity contribution in [2.24, 2.45) is 0 Å². The summed E-state index contributed by atoms with van der Waals surface area (Å²) in [6.07, 6.45) is 1.73. The second kappa shape index (κ2) is 6.11. The van der Waals surface area contributed by atoms with Gasteiger partial charge in [-0.1, -0.05) is 42.3 Å². The van der Waals surface area contributed by atoms with E-state index in [2.05, 4.69) is 16.9 Å². The molecule has 0 fully saturated rings. The van der Waals surface area contributed by atoms with Crippen LogP contribution in [0.15, 0.2) is 66.9 Å². The molecule has 3 heteroatoms. The zero-order valence-electron chi connectivity index (χ0n) is 12.2. The van der Waals surface area contributed by atoms with Crippen LogP contribution in [0.2, 0.25) is 0 Å². The molecule has 106 valence electrons. The average molecular weight is 286 g/mol.